The Kier molecular flexibility index (Phi) is 11.2. The van der Waals surface area contributed by atoms with E-state index < -0.39 is 38.0 Å². The van der Waals surface area contributed by atoms with E-state index in [2.05, 4.69) is 42.4 Å². The van der Waals surface area contributed by atoms with Gasteiger partial charge < -0.3 is 14.6 Å². The van der Waals surface area contributed by atoms with Gasteiger partial charge in [0.2, 0.25) is 6.79 Å². The lowest BCUT2D eigenvalue weighted by atomic mass is 9.50. The normalized spacial score (nSPS) is 18.4. The summed E-state index contributed by atoms with van der Waals surface area (Å²) in [6.07, 6.45) is 6.97. The summed E-state index contributed by atoms with van der Waals surface area (Å²) in [5, 5.41) is 24.6. The van der Waals surface area contributed by atoms with Crippen molar-refractivity contribution in [1.82, 2.24) is 24.5 Å². The predicted octanol–water partition coefficient (Wildman–Crippen LogP) is 9.62. The number of anilines is 2. The SMILES string of the molecule is Cn1ccc2c(C(c3cn(C45CC(C4)C5)nn3)N(C(=O)OCOP(=O)(OC(C)(C)C)OC(C)(C)C)c3cc(Cl)c4ncc(C#N)c(NCC(C)(C)C)c4c3)cccc2c1=O. The molecule has 5 aromatic rings. The maximum atomic E-state index is 15.0. The van der Waals surface area contributed by atoms with E-state index in [9.17, 15) is 14.6 Å². The highest BCUT2D eigenvalue weighted by molar-refractivity contribution is 7.48. The Balaban J connectivity index is 1.42. The first-order valence-electron chi connectivity index (χ1n) is 19.9. The van der Waals surface area contributed by atoms with Crippen LogP contribution in [0.15, 0.2) is 59.8 Å². The third-order valence-electron chi connectivity index (χ3n) is 10.5. The summed E-state index contributed by atoms with van der Waals surface area (Å²) >= 11 is 7.06. The number of hydrogen-bond donors (Lipinski definition) is 1. The van der Waals surface area contributed by atoms with E-state index >= 15 is 4.79 Å². The second kappa shape index (κ2) is 15.6. The first kappa shape index (κ1) is 43.3. The second-order valence-electron chi connectivity index (χ2n) is 19.0. The number of phosphoric acid groups is 1. The van der Waals surface area contributed by atoms with Crippen LogP contribution in [0.2, 0.25) is 5.02 Å². The Morgan fingerprint density at radius 1 is 1.05 bits per heavy atom. The fourth-order valence-corrected chi connectivity index (χ4v) is 9.67. The number of rotatable bonds is 12. The molecule has 17 heteroatoms. The number of benzene rings is 2. The quantitative estimate of drug-likeness (QED) is 0.0930. The van der Waals surface area contributed by atoms with Gasteiger partial charge in [-0.1, -0.05) is 49.7 Å². The molecule has 0 aliphatic heterocycles. The van der Waals surface area contributed by atoms with Gasteiger partial charge >= 0.3 is 13.9 Å². The molecule has 0 spiro atoms. The van der Waals surface area contributed by atoms with Crippen LogP contribution in [0.4, 0.5) is 16.2 Å². The number of carbonyl (C=O) groups is 1. The molecule has 318 valence electrons. The van der Waals surface area contributed by atoms with E-state index in [1.165, 1.54) is 15.7 Å². The van der Waals surface area contributed by atoms with Crippen LogP contribution >= 0.6 is 19.4 Å². The van der Waals surface area contributed by atoms with Gasteiger partial charge in [-0.3, -0.25) is 23.7 Å². The van der Waals surface area contributed by atoms with Crippen LogP contribution in [-0.2, 0) is 35.5 Å². The molecule has 1 atom stereocenters. The summed E-state index contributed by atoms with van der Waals surface area (Å²) in [7, 11) is -2.65. The molecule has 60 heavy (non-hydrogen) atoms. The summed E-state index contributed by atoms with van der Waals surface area (Å²) in [6.45, 7) is 16.1. The van der Waals surface area contributed by atoms with Crippen molar-refractivity contribution in [3.63, 3.8) is 0 Å². The van der Waals surface area contributed by atoms with Crippen molar-refractivity contribution < 1.29 is 27.7 Å². The first-order chi connectivity index (χ1) is 28.0. The van der Waals surface area contributed by atoms with Gasteiger partial charge in [0, 0.05) is 36.8 Å². The number of nitrogens with zero attached hydrogens (tertiary/aromatic N) is 7. The van der Waals surface area contributed by atoms with Gasteiger partial charge in [-0.2, -0.15) is 5.26 Å². The van der Waals surface area contributed by atoms with E-state index in [-0.39, 0.29) is 32.8 Å². The molecule has 3 heterocycles. The molecule has 2 aromatic carbocycles. The van der Waals surface area contributed by atoms with Crippen molar-refractivity contribution in [2.24, 2.45) is 18.4 Å². The van der Waals surface area contributed by atoms with Gasteiger partial charge in [0.05, 0.1) is 50.4 Å². The second-order valence-corrected chi connectivity index (χ2v) is 20.9. The minimum Gasteiger partial charge on any atom is -0.421 e. The van der Waals surface area contributed by atoms with Gasteiger partial charge in [0.15, 0.2) is 0 Å². The smallest absolute Gasteiger partial charge is 0.421 e. The first-order valence-corrected chi connectivity index (χ1v) is 21.7. The van der Waals surface area contributed by atoms with Crippen LogP contribution in [0.25, 0.3) is 21.7 Å². The average molecular weight is 859 g/mol. The summed E-state index contributed by atoms with van der Waals surface area (Å²) in [6, 6.07) is 11.6. The maximum absolute atomic E-state index is 15.0. The molecule has 8 rings (SSSR count). The standard InChI is InChI=1S/C43H52ClN8O7P/c1-40(2,3)24-47-35-27(21-45)22-46-36-32(35)16-28(17-33(36)44)52(39(54)56-25-57-60(55,58-41(4,5)6)59-42(7,8)9)37(34-23-51(49-48-34)43-18-26(19-43)20-43)30-12-11-13-31-29(30)14-15-50(10)38(31)53/h11-17,22-23,26,37H,18-20,24-25H2,1-10H3,(H,46,47). The number of aryl methyl sites for hydroxylation is 1. The summed E-state index contributed by atoms with van der Waals surface area (Å²) in [4.78, 5) is 34.5. The Labute approximate surface area is 354 Å². The molecule has 1 N–H and O–H groups in total. The molecule has 3 aromatic heterocycles. The highest BCUT2D eigenvalue weighted by Gasteiger charge is 2.59. The van der Waals surface area contributed by atoms with E-state index in [4.69, 9.17) is 35.0 Å². The fourth-order valence-electron chi connectivity index (χ4n) is 7.74. The van der Waals surface area contributed by atoms with E-state index in [0.29, 0.717) is 51.1 Å². The molecule has 0 saturated heterocycles. The summed E-state index contributed by atoms with van der Waals surface area (Å²) in [5.41, 5.74) is -0.134. The molecule has 3 aliphatic carbocycles. The molecular formula is C43H52ClN8O7P. The van der Waals surface area contributed by atoms with Crippen LogP contribution in [0.5, 0.6) is 0 Å². The molecule has 1 amide bonds. The number of ether oxygens (including phenoxy) is 1. The number of carbonyl (C=O) groups excluding carboxylic acids is 1. The zero-order valence-electron chi connectivity index (χ0n) is 35.7. The number of hydrogen-bond acceptors (Lipinski definition) is 12. The van der Waals surface area contributed by atoms with Gasteiger partial charge in [0.25, 0.3) is 5.56 Å². The topological polar surface area (TPSA) is 176 Å². The Morgan fingerprint density at radius 3 is 2.33 bits per heavy atom. The molecule has 2 bridgehead atoms. The number of nitrogens with one attached hydrogen (secondary N) is 1. The van der Waals surface area contributed by atoms with Crippen molar-refractivity contribution >= 4 is 58.6 Å². The van der Waals surface area contributed by atoms with Crippen LogP contribution in [0.3, 0.4) is 0 Å². The third-order valence-corrected chi connectivity index (χ3v) is 12.7. The largest absolute Gasteiger partial charge is 0.478 e. The molecule has 1 unspecified atom stereocenters. The van der Waals surface area contributed by atoms with Crippen LogP contribution in [0.1, 0.15) is 104 Å². The number of aromatic nitrogens is 5. The Morgan fingerprint density at radius 2 is 1.73 bits per heavy atom. The minimum atomic E-state index is -4.32. The van der Waals surface area contributed by atoms with E-state index in [0.717, 1.165) is 19.3 Å². The van der Waals surface area contributed by atoms with Crippen molar-refractivity contribution in [3.8, 4) is 6.07 Å². The van der Waals surface area contributed by atoms with Gasteiger partial charge in [0.1, 0.15) is 17.8 Å². The lowest BCUT2D eigenvalue weighted by molar-refractivity contribution is -0.0989. The highest BCUT2D eigenvalue weighted by atomic mass is 35.5. The Hall–Kier alpha value is -4.84. The van der Waals surface area contributed by atoms with Crippen molar-refractivity contribution in [3.05, 3.63) is 87.2 Å². The van der Waals surface area contributed by atoms with Gasteiger partial charge in [-0.05, 0) is 107 Å². The third kappa shape index (κ3) is 8.81. The molecule has 3 aliphatic rings. The number of halogens is 1. The zero-order valence-corrected chi connectivity index (χ0v) is 37.4. The van der Waals surface area contributed by atoms with Crippen LogP contribution in [0, 0.1) is 22.7 Å². The van der Waals surface area contributed by atoms with Gasteiger partial charge in [-0.15, -0.1) is 5.10 Å². The number of amides is 1. The average Bonchev–Trinajstić information content (AvgIpc) is 3.56. The zero-order chi connectivity index (χ0) is 43.6. The monoisotopic (exact) mass is 858 g/mol. The Bertz CT molecular complexity index is 2600. The summed E-state index contributed by atoms with van der Waals surface area (Å²) in [5.74, 6) is 0.655. The lowest BCUT2D eigenvalue weighted by Crippen LogP contribution is -2.59. The molecular weight excluding hydrogens is 807 g/mol. The van der Waals surface area contributed by atoms with E-state index in [1.807, 2.05) is 23.0 Å². The number of nitriles is 1. The number of phosphoric ester groups is 1. The minimum absolute atomic E-state index is 0.144. The van der Waals surface area contributed by atoms with E-state index in [1.54, 1.807) is 79.1 Å². The van der Waals surface area contributed by atoms with Crippen molar-refractivity contribution in [2.75, 3.05) is 23.6 Å². The molecule has 3 saturated carbocycles. The highest BCUT2D eigenvalue weighted by Crippen LogP contribution is 2.62. The van der Waals surface area contributed by atoms with Crippen molar-refractivity contribution in [1.29, 1.82) is 5.26 Å². The molecule has 15 nitrogen and oxygen atoms in total. The molecule has 3 fully saturated rings. The van der Waals surface area contributed by atoms with Gasteiger partial charge in [-0.25, -0.2) is 18.6 Å². The summed E-state index contributed by atoms with van der Waals surface area (Å²) < 4.78 is 40.5. The number of pyridine rings is 2. The fraction of sp³-hybridized carbons (Fsp3) is 0.488. The van der Waals surface area contributed by atoms with Crippen LogP contribution in [-0.4, -0.2) is 55.2 Å². The predicted molar refractivity (Wildman–Crippen MR) is 230 cm³/mol. The maximum Gasteiger partial charge on any atom is 0.478 e. The van der Waals surface area contributed by atoms with Crippen LogP contribution < -0.4 is 15.8 Å². The van der Waals surface area contributed by atoms with Crippen molar-refractivity contribution in [2.45, 2.75) is 104 Å². The number of fused-ring (bicyclic) bond motifs is 2. The molecule has 0 radical (unpaired) electrons. The lowest BCUT2D eigenvalue weighted by Gasteiger charge is -2.61.